The topological polar surface area (TPSA) is 57.6 Å². The summed E-state index contributed by atoms with van der Waals surface area (Å²) in [7, 11) is 0. The minimum Gasteiger partial charge on any atom is -0.480 e. The van der Waals surface area contributed by atoms with E-state index in [4.69, 9.17) is 0 Å². The molecule has 3 atom stereocenters. The maximum absolute atomic E-state index is 12.8. The lowest BCUT2D eigenvalue weighted by Crippen LogP contribution is -2.45. The Morgan fingerprint density at radius 1 is 1.29 bits per heavy atom. The molecular weight excluding hydrogens is 323 g/mol. The van der Waals surface area contributed by atoms with Gasteiger partial charge in [0.25, 0.3) is 0 Å². The molecule has 2 fully saturated rings. The van der Waals surface area contributed by atoms with Crippen LogP contribution in [0.25, 0.3) is 0 Å². The molecular formula is C17H18F3NO3. The number of rotatable bonds is 5. The normalized spacial score (nSPS) is 24.3. The molecule has 130 valence electrons. The summed E-state index contributed by atoms with van der Waals surface area (Å²) in [5, 5.41) is 9.17. The molecule has 0 aromatic heterocycles. The Labute approximate surface area is 137 Å². The summed E-state index contributed by atoms with van der Waals surface area (Å²) >= 11 is 0. The molecule has 2 aliphatic rings. The summed E-state index contributed by atoms with van der Waals surface area (Å²) in [5.41, 5.74) is -0.238. The van der Waals surface area contributed by atoms with Crippen molar-refractivity contribution in [3.8, 4) is 0 Å². The summed E-state index contributed by atoms with van der Waals surface area (Å²) in [4.78, 5) is 25.3. The number of hydrogen-bond donors (Lipinski definition) is 1. The average Bonchev–Trinajstić information content (AvgIpc) is 3.39. The van der Waals surface area contributed by atoms with Gasteiger partial charge in [0, 0.05) is 12.0 Å². The average molecular weight is 341 g/mol. The maximum atomic E-state index is 12.8. The van der Waals surface area contributed by atoms with Crippen molar-refractivity contribution in [3.05, 3.63) is 35.4 Å². The quantitative estimate of drug-likeness (QED) is 0.894. The number of carboxylic acid groups (broad SMARTS) is 1. The van der Waals surface area contributed by atoms with Crippen molar-refractivity contribution < 1.29 is 27.9 Å². The molecule has 1 N–H and O–H groups in total. The van der Waals surface area contributed by atoms with Gasteiger partial charge >= 0.3 is 12.1 Å². The highest BCUT2D eigenvalue weighted by atomic mass is 19.4. The fourth-order valence-corrected chi connectivity index (χ4v) is 3.13. The zero-order valence-electron chi connectivity index (χ0n) is 13.1. The Morgan fingerprint density at radius 2 is 1.96 bits per heavy atom. The number of amides is 1. The van der Waals surface area contributed by atoms with Gasteiger partial charge in [0.15, 0.2) is 0 Å². The minimum absolute atomic E-state index is 0.0497. The number of carbonyl (C=O) groups excluding carboxylic acids is 1. The number of carbonyl (C=O) groups is 2. The fourth-order valence-electron chi connectivity index (χ4n) is 3.13. The third-order valence-corrected chi connectivity index (χ3v) is 4.72. The summed E-state index contributed by atoms with van der Waals surface area (Å²) in [6.45, 7) is 1.47. The van der Waals surface area contributed by atoms with Crippen LogP contribution in [0.15, 0.2) is 24.3 Å². The first-order valence-electron chi connectivity index (χ1n) is 7.92. The minimum atomic E-state index is -4.41. The smallest absolute Gasteiger partial charge is 0.416 e. The number of aliphatic carboxylic acids is 1. The molecule has 1 aromatic carbocycles. The highest BCUT2D eigenvalue weighted by molar-refractivity contribution is 5.88. The largest absolute Gasteiger partial charge is 0.480 e. The third-order valence-electron chi connectivity index (χ3n) is 4.72. The predicted molar refractivity (Wildman–Crippen MR) is 79.3 cm³/mol. The zero-order chi connectivity index (χ0) is 17.6. The first-order valence-corrected chi connectivity index (χ1v) is 7.92. The number of carboxylic acids is 1. The number of alkyl halides is 3. The zero-order valence-corrected chi connectivity index (χ0v) is 13.1. The van der Waals surface area contributed by atoms with Crippen molar-refractivity contribution in [1.29, 1.82) is 0 Å². The number of hydrogen-bond acceptors (Lipinski definition) is 2. The van der Waals surface area contributed by atoms with Gasteiger partial charge in [-0.2, -0.15) is 13.2 Å². The van der Waals surface area contributed by atoms with E-state index in [1.54, 1.807) is 6.07 Å². The monoisotopic (exact) mass is 341 g/mol. The molecule has 0 radical (unpaired) electrons. The number of nitrogens with zero attached hydrogens (tertiary/aromatic N) is 1. The number of halogens is 3. The van der Waals surface area contributed by atoms with Crippen LogP contribution >= 0.6 is 0 Å². The van der Waals surface area contributed by atoms with Crippen LogP contribution in [0.5, 0.6) is 0 Å². The van der Waals surface area contributed by atoms with Crippen molar-refractivity contribution >= 4 is 11.9 Å². The second-order valence-electron chi connectivity index (χ2n) is 6.56. The van der Waals surface area contributed by atoms with Crippen molar-refractivity contribution in [2.45, 2.75) is 50.4 Å². The van der Waals surface area contributed by atoms with Crippen LogP contribution in [0.4, 0.5) is 13.2 Å². The lowest BCUT2D eigenvalue weighted by Gasteiger charge is -2.26. The van der Waals surface area contributed by atoms with E-state index in [0.717, 1.165) is 25.0 Å². The van der Waals surface area contributed by atoms with Gasteiger partial charge in [-0.1, -0.05) is 18.2 Å². The Morgan fingerprint density at radius 3 is 2.50 bits per heavy atom. The van der Waals surface area contributed by atoms with E-state index in [-0.39, 0.29) is 17.9 Å². The van der Waals surface area contributed by atoms with Gasteiger partial charge < -0.3 is 10.0 Å². The third kappa shape index (κ3) is 3.25. The van der Waals surface area contributed by atoms with E-state index in [1.807, 2.05) is 0 Å². The van der Waals surface area contributed by atoms with Crippen molar-refractivity contribution in [2.24, 2.45) is 5.92 Å². The molecule has 4 nitrogen and oxygen atoms in total. The molecule has 1 amide bonds. The van der Waals surface area contributed by atoms with Gasteiger partial charge in [-0.3, -0.25) is 4.79 Å². The first-order chi connectivity index (χ1) is 11.2. The standard InChI is InChI=1S/C17H18F3NO3/c1-9(16(23)24)21(12-5-6-12)15(22)14-8-13(14)10-3-2-4-11(7-10)17(18,19)20/h2-4,7,9,12-14H,5-6,8H2,1H3,(H,23,24). The van der Waals surface area contributed by atoms with Crippen LogP contribution in [-0.2, 0) is 15.8 Å². The van der Waals surface area contributed by atoms with Crippen LogP contribution in [0.3, 0.4) is 0 Å². The van der Waals surface area contributed by atoms with Gasteiger partial charge in [0.2, 0.25) is 5.91 Å². The SMILES string of the molecule is CC(C(=O)O)N(C(=O)C1CC1c1cccc(C(F)(F)F)c1)C1CC1. The van der Waals surface area contributed by atoms with Crippen LogP contribution in [0, 0.1) is 5.92 Å². The lowest BCUT2D eigenvalue weighted by molar-refractivity contribution is -0.150. The second-order valence-corrected chi connectivity index (χ2v) is 6.56. The van der Waals surface area contributed by atoms with Gasteiger partial charge in [-0.15, -0.1) is 0 Å². The van der Waals surface area contributed by atoms with E-state index in [2.05, 4.69) is 0 Å². The van der Waals surface area contributed by atoms with E-state index >= 15 is 0 Å². The summed E-state index contributed by atoms with van der Waals surface area (Å²) in [6, 6.07) is 4.07. The molecule has 7 heteroatoms. The summed E-state index contributed by atoms with van der Waals surface area (Å²) in [5.74, 6) is -2.00. The second kappa shape index (κ2) is 5.79. The molecule has 0 spiro atoms. The summed E-state index contributed by atoms with van der Waals surface area (Å²) < 4.78 is 38.4. The number of benzene rings is 1. The van der Waals surface area contributed by atoms with E-state index in [9.17, 15) is 27.9 Å². The highest BCUT2D eigenvalue weighted by Gasteiger charge is 2.50. The molecule has 0 bridgehead atoms. The molecule has 2 saturated carbocycles. The molecule has 0 saturated heterocycles. The molecule has 0 aliphatic heterocycles. The molecule has 3 unspecified atom stereocenters. The van der Waals surface area contributed by atoms with Gasteiger partial charge in [-0.25, -0.2) is 4.79 Å². The fraction of sp³-hybridized carbons (Fsp3) is 0.529. The van der Waals surface area contributed by atoms with Gasteiger partial charge in [0.05, 0.1) is 5.56 Å². The van der Waals surface area contributed by atoms with Crippen LogP contribution < -0.4 is 0 Å². The van der Waals surface area contributed by atoms with E-state index in [1.165, 1.54) is 17.9 Å². The van der Waals surface area contributed by atoms with Crippen LogP contribution in [0.2, 0.25) is 0 Å². The Balaban J connectivity index is 1.74. The van der Waals surface area contributed by atoms with Gasteiger partial charge in [0.1, 0.15) is 6.04 Å². The Hall–Kier alpha value is -2.05. The molecule has 1 aromatic rings. The predicted octanol–water partition coefficient (Wildman–Crippen LogP) is 3.27. The summed E-state index contributed by atoms with van der Waals surface area (Å²) in [6.07, 6.45) is -2.38. The molecule has 3 rings (SSSR count). The Kier molecular flexibility index (Phi) is 4.05. The van der Waals surface area contributed by atoms with Crippen LogP contribution in [-0.4, -0.2) is 34.0 Å². The van der Waals surface area contributed by atoms with Crippen LogP contribution in [0.1, 0.15) is 43.2 Å². The van der Waals surface area contributed by atoms with Gasteiger partial charge in [-0.05, 0) is 43.7 Å². The molecule has 2 aliphatic carbocycles. The first kappa shape index (κ1) is 16.8. The van der Waals surface area contributed by atoms with Crippen molar-refractivity contribution in [2.75, 3.05) is 0 Å². The van der Waals surface area contributed by atoms with Crippen molar-refractivity contribution in [1.82, 2.24) is 4.90 Å². The van der Waals surface area contributed by atoms with E-state index < -0.39 is 29.7 Å². The molecule has 24 heavy (non-hydrogen) atoms. The highest BCUT2D eigenvalue weighted by Crippen LogP contribution is 2.50. The van der Waals surface area contributed by atoms with Crippen molar-refractivity contribution in [3.63, 3.8) is 0 Å². The van der Waals surface area contributed by atoms with E-state index in [0.29, 0.717) is 12.0 Å². The lowest BCUT2D eigenvalue weighted by atomic mass is 10.0. The maximum Gasteiger partial charge on any atom is 0.416 e. The molecule has 0 heterocycles. The Bertz CT molecular complexity index is 669.